The molecule has 9 nitrogen and oxygen atoms in total. The number of ether oxygens (including phenoxy) is 6. The predicted octanol–water partition coefficient (Wildman–Crippen LogP) is 9.97. The van der Waals surface area contributed by atoms with Gasteiger partial charge in [0.1, 0.15) is 22.4 Å². The van der Waals surface area contributed by atoms with E-state index in [4.69, 9.17) is 33.5 Å². The normalized spacial score (nSPS) is 10.6. The third-order valence-electron chi connectivity index (χ3n) is 7.29. The Labute approximate surface area is 318 Å². The van der Waals surface area contributed by atoms with Gasteiger partial charge in [-0.2, -0.15) is 0 Å². The molecule has 0 aliphatic carbocycles. The molecule has 0 aliphatic heterocycles. The van der Waals surface area contributed by atoms with Gasteiger partial charge in [0.15, 0.2) is 27.9 Å². The Balaban J connectivity index is 0.000000651. The second-order valence-electron chi connectivity index (χ2n) is 12.0. The van der Waals surface area contributed by atoms with Gasteiger partial charge in [-0.15, -0.1) is 0 Å². The summed E-state index contributed by atoms with van der Waals surface area (Å²) in [4.78, 5) is 13.3. The van der Waals surface area contributed by atoms with Crippen molar-refractivity contribution in [3.63, 3.8) is 0 Å². The van der Waals surface area contributed by atoms with Crippen LogP contribution in [0.2, 0.25) is 0 Å². The van der Waals surface area contributed by atoms with Gasteiger partial charge < -0.3 is 38.6 Å². The van der Waals surface area contributed by atoms with E-state index in [2.05, 4.69) is 65.8 Å². The van der Waals surface area contributed by atoms with Gasteiger partial charge in [-0.3, -0.25) is 0 Å². The standard InChI is InChI=1S/C36H51O6S.C7H6O3/c1-7-18-37-28-24-31(39-20-9-3)35(32(25-28)40-21-10-4)43(30-16-14-13-15-17-30)36-33(41-22-11-5)26-29(38-19-8-2)27-34(36)42-23-12-6;8-6-4-2-1-3-5(6)7(9)10/h13-17,24-27H,7-12,18-23H2,1-6H3;1-4,8H,(H,9,10)/q+1;/p-1. The highest BCUT2D eigenvalue weighted by Gasteiger charge is 2.42. The lowest BCUT2D eigenvalue weighted by Crippen LogP contribution is -2.15. The first-order valence-corrected chi connectivity index (χ1v) is 20.0. The van der Waals surface area contributed by atoms with Crippen molar-refractivity contribution in [2.24, 2.45) is 0 Å². The molecule has 0 aliphatic rings. The van der Waals surface area contributed by atoms with E-state index in [-0.39, 0.29) is 5.56 Å². The fourth-order valence-corrected chi connectivity index (χ4v) is 7.31. The first-order valence-electron chi connectivity index (χ1n) is 18.7. The maximum atomic E-state index is 10.7. The second kappa shape index (κ2) is 23.8. The van der Waals surface area contributed by atoms with Crippen molar-refractivity contribution in [3.05, 3.63) is 84.4 Å². The summed E-state index contributed by atoms with van der Waals surface area (Å²) in [5.41, 5.74) is -0.178. The van der Waals surface area contributed by atoms with Crippen LogP contribution < -0.4 is 33.5 Å². The average molecular weight is 749 g/mol. The van der Waals surface area contributed by atoms with E-state index in [0.717, 1.165) is 87.7 Å². The van der Waals surface area contributed by atoms with Gasteiger partial charge in [0.2, 0.25) is 0 Å². The van der Waals surface area contributed by atoms with Crippen molar-refractivity contribution in [1.29, 1.82) is 0 Å². The molecule has 4 aromatic rings. The van der Waals surface area contributed by atoms with Crippen LogP contribution in [0, 0.1) is 0 Å². The summed E-state index contributed by atoms with van der Waals surface area (Å²) < 4.78 is 38.3. The smallest absolute Gasteiger partial charge is 0.335 e. The van der Waals surface area contributed by atoms with E-state index in [0.29, 0.717) is 39.6 Å². The van der Waals surface area contributed by atoms with Gasteiger partial charge in [-0.25, -0.2) is 4.79 Å². The van der Waals surface area contributed by atoms with Gasteiger partial charge in [-0.1, -0.05) is 83.7 Å². The van der Waals surface area contributed by atoms with E-state index in [9.17, 15) is 9.90 Å². The minimum atomic E-state index is -1.18. The lowest BCUT2D eigenvalue weighted by Gasteiger charge is -2.21. The van der Waals surface area contributed by atoms with Crippen LogP contribution >= 0.6 is 0 Å². The number of benzene rings is 4. The first kappa shape index (κ1) is 42.7. The second-order valence-corrected chi connectivity index (χ2v) is 13.9. The molecule has 0 radical (unpaired) electrons. The molecule has 0 heterocycles. The Bertz CT molecular complexity index is 1530. The first-order chi connectivity index (χ1) is 25.8. The molecule has 1 N–H and O–H groups in total. The maximum absolute atomic E-state index is 10.7. The summed E-state index contributed by atoms with van der Waals surface area (Å²) >= 11 is 0. The summed E-state index contributed by atoms with van der Waals surface area (Å²) in [7, 11) is -0.714. The van der Waals surface area contributed by atoms with Gasteiger partial charge in [0.05, 0.1) is 45.2 Å². The van der Waals surface area contributed by atoms with E-state index in [1.165, 1.54) is 24.3 Å². The van der Waals surface area contributed by atoms with Crippen LogP contribution in [0.5, 0.6) is 40.2 Å². The highest BCUT2D eigenvalue weighted by Crippen LogP contribution is 2.51. The van der Waals surface area contributed by atoms with Gasteiger partial charge in [-0.05, 0) is 56.7 Å². The third kappa shape index (κ3) is 13.0. The van der Waals surface area contributed by atoms with E-state index in [1.54, 1.807) is 0 Å². The van der Waals surface area contributed by atoms with Crippen LogP contribution in [0.1, 0.15) is 90.4 Å². The van der Waals surface area contributed by atoms with Crippen LogP contribution in [-0.2, 0) is 10.9 Å². The number of carboxylic acid groups (broad SMARTS) is 1. The van der Waals surface area contributed by atoms with Crippen LogP contribution in [0.25, 0.3) is 0 Å². The number of carbonyl (C=O) groups is 1. The van der Waals surface area contributed by atoms with Gasteiger partial charge in [0.25, 0.3) is 9.79 Å². The lowest BCUT2D eigenvalue weighted by atomic mass is 10.2. The van der Waals surface area contributed by atoms with Crippen LogP contribution in [-0.4, -0.2) is 50.7 Å². The zero-order valence-corrected chi connectivity index (χ0v) is 32.9. The molecule has 0 atom stereocenters. The van der Waals surface area contributed by atoms with E-state index >= 15 is 0 Å². The van der Waals surface area contributed by atoms with Crippen molar-refractivity contribution in [1.82, 2.24) is 0 Å². The number of para-hydroxylation sites is 1. The molecule has 0 fully saturated rings. The molecular formula is C43H56O9S. The fraction of sp³-hybridized carbons (Fsp3) is 0.419. The minimum absolute atomic E-state index is 0.178. The van der Waals surface area contributed by atoms with Crippen molar-refractivity contribution in [2.45, 2.75) is 94.8 Å². The molecule has 288 valence electrons. The summed E-state index contributed by atoms with van der Waals surface area (Å²) in [5.74, 6) is 2.87. The quantitative estimate of drug-likeness (QED) is 0.0784. The number of hydrogen-bond acceptors (Lipinski definition) is 8. The number of hydrogen-bond donors (Lipinski definition) is 1. The number of carboxylic acids is 1. The molecule has 0 amide bonds. The molecule has 0 saturated carbocycles. The van der Waals surface area contributed by atoms with Gasteiger partial charge in [0, 0.05) is 24.3 Å². The number of rotatable bonds is 22. The van der Waals surface area contributed by atoms with E-state index in [1.807, 2.05) is 30.3 Å². The molecule has 10 heteroatoms. The van der Waals surface area contributed by atoms with Crippen LogP contribution in [0.4, 0.5) is 0 Å². The molecule has 0 bridgehead atoms. The fourth-order valence-electron chi connectivity index (χ4n) is 4.93. The van der Waals surface area contributed by atoms with Crippen LogP contribution in [0.3, 0.4) is 0 Å². The monoisotopic (exact) mass is 748 g/mol. The average Bonchev–Trinajstić information content (AvgIpc) is 3.17. The van der Waals surface area contributed by atoms with Crippen molar-refractivity contribution in [3.8, 4) is 40.2 Å². The zero-order chi connectivity index (χ0) is 38.4. The molecule has 0 unspecified atom stereocenters. The Kier molecular flexibility index (Phi) is 19.2. The molecule has 53 heavy (non-hydrogen) atoms. The molecule has 0 aromatic heterocycles. The van der Waals surface area contributed by atoms with E-state index < -0.39 is 22.6 Å². The molecular weight excluding hydrogens is 693 g/mol. The largest absolute Gasteiger partial charge is 0.872 e. The highest BCUT2D eigenvalue weighted by molar-refractivity contribution is 7.97. The Morgan fingerprint density at radius 3 is 1.19 bits per heavy atom. The summed E-state index contributed by atoms with van der Waals surface area (Å²) in [6, 6.07) is 24.1. The predicted molar refractivity (Wildman–Crippen MR) is 209 cm³/mol. The highest BCUT2D eigenvalue weighted by atomic mass is 32.2. The maximum Gasteiger partial charge on any atom is 0.335 e. The number of aromatic carboxylic acids is 1. The molecule has 0 saturated heterocycles. The Morgan fingerprint density at radius 2 is 0.868 bits per heavy atom. The lowest BCUT2D eigenvalue weighted by molar-refractivity contribution is -0.268. The summed E-state index contributed by atoms with van der Waals surface area (Å²) in [5, 5.41) is 19.0. The summed E-state index contributed by atoms with van der Waals surface area (Å²) in [6.07, 6.45) is 5.34. The van der Waals surface area contributed by atoms with Crippen molar-refractivity contribution in [2.75, 3.05) is 39.6 Å². The van der Waals surface area contributed by atoms with Crippen molar-refractivity contribution < 1.29 is 43.4 Å². The molecule has 4 rings (SSSR count). The zero-order valence-electron chi connectivity index (χ0n) is 32.1. The van der Waals surface area contributed by atoms with Gasteiger partial charge >= 0.3 is 5.97 Å². The SMILES string of the molecule is CCCOc1cc(OCCC)c([S+](c2ccccc2)c2c(OCCC)cc(OCCC)cc2OCCC)c(OCCC)c1.O=C(O)c1ccccc1[O-]. The Hall–Kier alpha value is -4.70. The molecule has 4 aromatic carbocycles. The summed E-state index contributed by atoms with van der Waals surface area (Å²) in [6.45, 7) is 16.2. The molecule has 0 spiro atoms. The third-order valence-corrected chi connectivity index (χ3v) is 9.65. The van der Waals surface area contributed by atoms with Crippen LogP contribution in [0.15, 0.2) is 93.5 Å². The minimum Gasteiger partial charge on any atom is -0.872 e. The van der Waals surface area contributed by atoms with Crippen molar-refractivity contribution >= 4 is 16.9 Å². The topological polar surface area (TPSA) is 116 Å². The Morgan fingerprint density at radius 1 is 0.528 bits per heavy atom.